The van der Waals surface area contributed by atoms with Crippen molar-refractivity contribution in [3.05, 3.63) is 82.9 Å². The molecule has 3 aromatic rings. The van der Waals surface area contributed by atoms with E-state index in [2.05, 4.69) is 16.9 Å². The summed E-state index contributed by atoms with van der Waals surface area (Å²) in [6.07, 6.45) is 1.61. The van der Waals surface area contributed by atoms with Crippen LogP contribution in [0.4, 0.5) is 4.39 Å². The van der Waals surface area contributed by atoms with Crippen molar-refractivity contribution in [1.29, 1.82) is 0 Å². The molecule has 138 valence electrons. The molecule has 3 rings (SSSR count). The molecule has 1 aromatic heterocycles. The van der Waals surface area contributed by atoms with E-state index in [0.717, 1.165) is 11.8 Å². The zero-order valence-electron chi connectivity index (χ0n) is 14.5. The summed E-state index contributed by atoms with van der Waals surface area (Å²) in [5.74, 6) is -0.562. The number of nitrogens with one attached hydrogen (secondary N) is 1. The van der Waals surface area contributed by atoms with Crippen LogP contribution in [0.1, 0.15) is 5.56 Å². The summed E-state index contributed by atoms with van der Waals surface area (Å²) in [7, 11) is 0. The van der Waals surface area contributed by atoms with Crippen molar-refractivity contribution in [2.24, 2.45) is 0 Å². The Morgan fingerprint density at radius 3 is 2.74 bits per heavy atom. The Labute approximate surface area is 159 Å². The van der Waals surface area contributed by atoms with Gasteiger partial charge in [-0.2, -0.15) is 0 Å². The van der Waals surface area contributed by atoms with Crippen molar-refractivity contribution in [2.75, 3.05) is 5.75 Å². The van der Waals surface area contributed by atoms with Gasteiger partial charge in [0.05, 0.1) is 16.7 Å². The molecule has 0 saturated heterocycles. The molecule has 7 heteroatoms. The van der Waals surface area contributed by atoms with E-state index >= 15 is 0 Å². The lowest BCUT2D eigenvalue weighted by Crippen LogP contribution is -2.27. The first kappa shape index (κ1) is 18.8. The molecular weight excluding hydrogens is 365 g/mol. The Morgan fingerprint density at radius 2 is 1.96 bits per heavy atom. The van der Waals surface area contributed by atoms with E-state index in [-0.39, 0.29) is 29.6 Å². The van der Waals surface area contributed by atoms with Gasteiger partial charge in [-0.25, -0.2) is 9.37 Å². The average Bonchev–Trinajstić information content (AvgIpc) is 2.68. The third-order valence-electron chi connectivity index (χ3n) is 3.90. The number of fused-ring (bicyclic) bond motifs is 1. The monoisotopic (exact) mass is 383 g/mol. The van der Waals surface area contributed by atoms with Crippen molar-refractivity contribution < 1.29 is 9.18 Å². The van der Waals surface area contributed by atoms with E-state index in [1.54, 1.807) is 42.5 Å². The molecule has 0 unspecified atom stereocenters. The summed E-state index contributed by atoms with van der Waals surface area (Å²) in [6, 6.07) is 13.4. The first-order valence-corrected chi connectivity index (χ1v) is 9.32. The number of hydrogen-bond acceptors (Lipinski definition) is 4. The van der Waals surface area contributed by atoms with Crippen molar-refractivity contribution in [1.82, 2.24) is 14.9 Å². The van der Waals surface area contributed by atoms with Crippen molar-refractivity contribution >= 4 is 28.6 Å². The fraction of sp³-hybridized carbons (Fsp3) is 0.150. The molecule has 0 spiro atoms. The molecule has 0 fully saturated rings. The molecule has 27 heavy (non-hydrogen) atoms. The second kappa shape index (κ2) is 8.64. The third-order valence-corrected chi connectivity index (χ3v) is 4.88. The van der Waals surface area contributed by atoms with Crippen molar-refractivity contribution in [2.45, 2.75) is 18.2 Å². The van der Waals surface area contributed by atoms with Crippen LogP contribution in [0.15, 0.2) is 71.1 Å². The number of amides is 1. The lowest BCUT2D eigenvalue weighted by molar-refractivity contribution is -0.118. The van der Waals surface area contributed by atoms with Crippen LogP contribution in [-0.2, 0) is 17.9 Å². The molecule has 0 radical (unpaired) electrons. The van der Waals surface area contributed by atoms with E-state index in [0.29, 0.717) is 28.2 Å². The summed E-state index contributed by atoms with van der Waals surface area (Å²) in [5.41, 5.74) is 0.829. The normalized spacial score (nSPS) is 10.7. The maximum Gasteiger partial charge on any atom is 0.262 e. The molecule has 0 bridgehead atoms. The van der Waals surface area contributed by atoms with Gasteiger partial charge in [0.1, 0.15) is 5.82 Å². The number of thioether (sulfide) groups is 1. The highest BCUT2D eigenvalue weighted by molar-refractivity contribution is 7.99. The zero-order chi connectivity index (χ0) is 19.2. The Hall–Kier alpha value is -2.93. The standard InChI is InChI=1S/C20H18FN3O2S/c1-2-11-24-19(26)15-8-4-6-10-17(15)23-20(24)27-13-18(25)22-12-14-7-3-5-9-16(14)21/h2-10H,1,11-13H2,(H,22,25). The van der Waals surface area contributed by atoms with E-state index in [9.17, 15) is 14.0 Å². The number of para-hydroxylation sites is 1. The number of nitrogens with zero attached hydrogens (tertiary/aromatic N) is 2. The summed E-state index contributed by atoms with van der Waals surface area (Å²) < 4.78 is 15.1. The molecule has 0 aliphatic carbocycles. The number of carbonyl (C=O) groups is 1. The molecule has 1 amide bonds. The van der Waals surface area contributed by atoms with E-state index in [1.807, 2.05) is 6.07 Å². The summed E-state index contributed by atoms with van der Waals surface area (Å²) in [6.45, 7) is 4.08. The fourth-order valence-corrected chi connectivity index (χ4v) is 3.40. The number of benzene rings is 2. The SMILES string of the molecule is C=CCn1c(SCC(=O)NCc2ccccc2F)nc2ccccc2c1=O. The lowest BCUT2D eigenvalue weighted by Gasteiger charge is -2.11. The highest BCUT2D eigenvalue weighted by Gasteiger charge is 2.12. The van der Waals surface area contributed by atoms with Gasteiger partial charge in [0, 0.05) is 18.7 Å². The van der Waals surface area contributed by atoms with Crippen LogP contribution in [0.2, 0.25) is 0 Å². The number of halogens is 1. The topological polar surface area (TPSA) is 64.0 Å². The predicted molar refractivity (Wildman–Crippen MR) is 105 cm³/mol. The summed E-state index contributed by atoms with van der Waals surface area (Å²) in [5, 5.41) is 3.64. The molecule has 2 aromatic carbocycles. The number of aromatic nitrogens is 2. The van der Waals surface area contributed by atoms with Gasteiger partial charge in [0.2, 0.25) is 5.91 Å². The minimum absolute atomic E-state index is 0.0658. The van der Waals surface area contributed by atoms with Crippen LogP contribution in [0, 0.1) is 5.82 Å². The largest absolute Gasteiger partial charge is 0.351 e. The molecule has 0 saturated carbocycles. The minimum Gasteiger partial charge on any atom is -0.351 e. The van der Waals surface area contributed by atoms with Gasteiger partial charge in [0.25, 0.3) is 5.56 Å². The van der Waals surface area contributed by atoms with Crippen LogP contribution in [-0.4, -0.2) is 21.2 Å². The Morgan fingerprint density at radius 1 is 1.22 bits per heavy atom. The van der Waals surface area contributed by atoms with E-state index < -0.39 is 0 Å². The molecule has 1 heterocycles. The molecule has 0 aliphatic heterocycles. The van der Waals surface area contributed by atoms with Crippen LogP contribution in [0.25, 0.3) is 10.9 Å². The fourth-order valence-electron chi connectivity index (χ4n) is 2.56. The minimum atomic E-state index is -0.360. The van der Waals surface area contributed by atoms with Gasteiger partial charge in [-0.3, -0.25) is 14.2 Å². The molecule has 0 atom stereocenters. The van der Waals surface area contributed by atoms with Gasteiger partial charge in [-0.1, -0.05) is 48.2 Å². The van der Waals surface area contributed by atoms with Gasteiger partial charge >= 0.3 is 0 Å². The number of rotatable bonds is 7. The molecule has 1 N–H and O–H groups in total. The second-order valence-electron chi connectivity index (χ2n) is 5.77. The second-order valence-corrected chi connectivity index (χ2v) is 6.72. The van der Waals surface area contributed by atoms with E-state index in [4.69, 9.17) is 0 Å². The highest BCUT2D eigenvalue weighted by Crippen LogP contribution is 2.17. The first-order chi connectivity index (χ1) is 13.1. The third kappa shape index (κ3) is 4.43. The number of carbonyl (C=O) groups excluding carboxylic acids is 1. The van der Waals surface area contributed by atoms with Crippen LogP contribution in [0.3, 0.4) is 0 Å². The quantitative estimate of drug-likeness (QED) is 0.387. The van der Waals surface area contributed by atoms with Crippen molar-refractivity contribution in [3.8, 4) is 0 Å². The van der Waals surface area contributed by atoms with Crippen LogP contribution in [0.5, 0.6) is 0 Å². The van der Waals surface area contributed by atoms with Crippen LogP contribution >= 0.6 is 11.8 Å². The van der Waals surface area contributed by atoms with Gasteiger partial charge < -0.3 is 5.32 Å². The molecular formula is C20H18FN3O2S. The highest BCUT2D eigenvalue weighted by atomic mass is 32.2. The maximum atomic E-state index is 13.6. The average molecular weight is 383 g/mol. The Bertz CT molecular complexity index is 1050. The summed E-state index contributed by atoms with van der Waals surface area (Å²) in [4.78, 5) is 29.3. The van der Waals surface area contributed by atoms with Crippen molar-refractivity contribution in [3.63, 3.8) is 0 Å². The lowest BCUT2D eigenvalue weighted by atomic mass is 10.2. The maximum absolute atomic E-state index is 13.6. The smallest absolute Gasteiger partial charge is 0.262 e. The molecule has 0 aliphatic rings. The van der Waals surface area contributed by atoms with E-state index in [1.165, 1.54) is 10.6 Å². The van der Waals surface area contributed by atoms with Gasteiger partial charge in [0.15, 0.2) is 5.16 Å². The number of hydrogen-bond donors (Lipinski definition) is 1. The Kier molecular flexibility index (Phi) is 6.03. The Balaban J connectivity index is 1.73. The predicted octanol–water partition coefficient (Wildman–Crippen LogP) is 3.13. The van der Waals surface area contributed by atoms with Gasteiger partial charge in [-0.05, 0) is 18.2 Å². The summed E-state index contributed by atoms with van der Waals surface area (Å²) >= 11 is 1.16. The molecule has 5 nitrogen and oxygen atoms in total. The zero-order valence-corrected chi connectivity index (χ0v) is 15.3. The van der Waals surface area contributed by atoms with Gasteiger partial charge in [-0.15, -0.1) is 6.58 Å². The number of allylic oxidation sites excluding steroid dienone is 1. The van der Waals surface area contributed by atoms with Crippen LogP contribution < -0.4 is 10.9 Å². The first-order valence-electron chi connectivity index (χ1n) is 8.33.